The quantitative estimate of drug-likeness (QED) is 0.513. The molecular formula is C24H24N2O3. The number of hydrogen-bond acceptors (Lipinski definition) is 4. The van der Waals surface area contributed by atoms with E-state index in [0.717, 1.165) is 30.0 Å². The zero-order valence-electron chi connectivity index (χ0n) is 16.6. The molecule has 1 amide bonds. The summed E-state index contributed by atoms with van der Waals surface area (Å²) in [6, 6.07) is 16.6. The van der Waals surface area contributed by atoms with Crippen molar-refractivity contribution in [3.63, 3.8) is 0 Å². The molecule has 1 atom stereocenters. The summed E-state index contributed by atoms with van der Waals surface area (Å²) in [7, 11) is 0. The van der Waals surface area contributed by atoms with Crippen LogP contribution in [0.2, 0.25) is 0 Å². The van der Waals surface area contributed by atoms with Crippen LogP contribution in [-0.2, 0) is 0 Å². The molecule has 5 nitrogen and oxygen atoms in total. The van der Waals surface area contributed by atoms with Gasteiger partial charge in [0.15, 0.2) is 5.78 Å². The molecule has 5 heteroatoms. The number of furan rings is 1. The number of carbonyl (C=O) groups excluding carboxylic acids is 2. The Labute approximate surface area is 170 Å². The van der Waals surface area contributed by atoms with Crippen LogP contribution in [-0.4, -0.2) is 36.2 Å². The molecule has 0 saturated carbocycles. The van der Waals surface area contributed by atoms with Crippen molar-refractivity contribution in [1.29, 1.82) is 0 Å². The number of carbonyl (C=O) groups is 2. The first-order valence-corrected chi connectivity index (χ1v) is 9.97. The molecule has 1 heterocycles. The molecule has 0 aliphatic heterocycles. The van der Waals surface area contributed by atoms with Gasteiger partial charge in [-0.25, -0.2) is 0 Å². The average Bonchev–Trinajstić information content (AvgIpc) is 3.38. The van der Waals surface area contributed by atoms with Crippen LogP contribution in [0, 0.1) is 0 Å². The van der Waals surface area contributed by atoms with Crippen LogP contribution >= 0.6 is 0 Å². The van der Waals surface area contributed by atoms with Gasteiger partial charge in [0.1, 0.15) is 5.76 Å². The van der Waals surface area contributed by atoms with Crippen molar-refractivity contribution >= 4 is 11.7 Å². The first-order chi connectivity index (χ1) is 14.1. The Kier molecular flexibility index (Phi) is 5.32. The second-order valence-corrected chi connectivity index (χ2v) is 7.10. The molecule has 4 rings (SSSR count). The van der Waals surface area contributed by atoms with Gasteiger partial charge in [-0.05, 0) is 48.5 Å². The predicted molar refractivity (Wildman–Crippen MR) is 112 cm³/mol. The number of benzene rings is 2. The summed E-state index contributed by atoms with van der Waals surface area (Å²) in [5.41, 5.74) is 3.59. The van der Waals surface area contributed by atoms with Crippen molar-refractivity contribution < 1.29 is 14.0 Å². The summed E-state index contributed by atoms with van der Waals surface area (Å²) in [5, 5.41) is 3.01. The lowest BCUT2D eigenvalue weighted by Gasteiger charge is -2.28. The predicted octanol–water partition coefficient (Wildman–Crippen LogP) is 4.30. The molecule has 1 unspecified atom stereocenters. The largest absolute Gasteiger partial charge is 0.468 e. The van der Waals surface area contributed by atoms with E-state index < -0.39 is 0 Å². The molecule has 1 aromatic heterocycles. The summed E-state index contributed by atoms with van der Waals surface area (Å²) in [6.45, 7) is 6.31. The third-order valence-electron chi connectivity index (χ3n) is 5.57. The number of nitrogens with one attached hydrogen (secondary N) is 1. The van der Waals surface area contributed by atoms with Crippen molar-refractivity contribution in [3.05, 3.63) is 83.3 Å². The second-order valence-electron chi connectivity index (χ2n) is 7.10. The number of rotatable bonds is 7. The molecule has 0 fully saturated rings. The molecule has 2 aromatic carbocycles. The third kappa shape index (κ3) is 3.49. The lowest BCUT2D eigenvalue weighted by atomic mass is 10.0. The molecular weight excluding hydrogens is 364 g/mol. The Balaban J connectivity index is 1.53. The Morgan fingerprint density at radius 1 is 0.966 bits per heavy atom. The maximum Gasteiger partial charge on any atom is 0.251 e. The summed E-state index contributed by atoms with van der Waals surface area (Å²) in [4.78, 5) is 27.8. The van der Waals surface area contributed by atoms with Crippen LogP contribution in [0.4, 0.5) is 0 Å². The lowest BCUT2D eigenvalue weighted by molar-refractivity contribution is 0.0929. The zero-order chi connectivity index (χ0) is 20.4. The molecule has 1 aliphatic carbocycles. The summed E-state index contributed by atoms with van der Waals surface area (Å²) in [5.74, 6) is 0.607. The van der Waals surface area contributed by atoms with E-state index in [0.29, 0.717) is 23.2 Å². The fraction of sp³-hybridized carbons (Fsp3) is 0.250. The zero-order valence-corrected chi connectivity index (χ0v) is 16.6. The number of amides is 1. The molecule has 29 heavy (non-hydrogen) atoms. The fourth-order valence-electron chi connectivity index (χ4n) is 4.02. The highest BCUT2D eigenvalue weighted by Gasteiger charge is 2.27. The first-order valence-electron chi connectivity index (χ1n) is 9.97. The van der Waals surface area contributed by atoms with Gasteiger partial charge in [0.25, 0.3) is 5.91 Å². The third-order valence-corrected chi connectivity index (χ3v) is 5.57. The normalized spacial score (nSPS) is 13.3. The van der Waals surface area contributed by atoms with Crippen molar-refractivity contribution in [2.24, 2.45) is 0 Å². The Hall–Kier alpha value is -3.18. The van der Waals surface area contributed by atoms with Gasteiger partial charge < -0.3 is 9.73 Å². The number of ketones is 1. The molecule has 1 aliphatic rings. The van der Waals surface area contributed by atoms with E-state index in [1.165, 1.54) is 0 Å². The molecule has 1 N–H and O–H groups in total. The maximum atomic E-state index is 12.8. The van der Waals surface area contributed by atoms with Crippen LogP contribution in [0.5, 0.6) is 0 Å². The Bertz CT molecular complexity index is 1040. The minimum atomic E-state index is -0.194. The first kappa shape index (κ1) is 19.2. The van der Waals surface area contributed by atoms with Crippen LogP contribution in [0.25, 0.3) is 11.1 Å². The minimum absolute atomic E-state index is 0.0261. The standard InChI is InChI=1S/C24H24N2O3/c1-3-26(4-2)21(22-10-7-13-29-22)15-25-24(28)16-11-12-18-17-8-5-6-9-19(17)23(27)20(18)14-16/h5-14,21H,3-4,15H2,1-2H3,(H,25,28). The van der Waals surface area contributed by atoms with E-state index in [-0.39, 0.29) is 17.7 Å². The SMILES string of the molecule is CCN(CC)C(CNC(=O)c1ccc2c(c1)C(=O)c1ccccc1-2)c1ccco1. The van der Waals surface area contributed by atoms with E-state index in [1.807, 2.05) is 42.5 Å². The summed E-state index contributed by atoms with van der Waals surface area (Å²) < 4.78 is 5.59. The fourth-order valence-corrected chi connectivity index (χ4v) is 4.02. The molecule has 0 saturated heterocycles. The minimum Gasteiger partial charge on any atom is -0.468 e. The number of likely N-dealkylation sites (N-methyl/N-ethyl adjacent to an activating group) is 1. The van der Waals surface area contributed by atoms with Gasteiger partial charge >= 0.3 is 0 Å². The van der Waals surface area contributed by atoms with Gasteiger partial charge in [0.05, 0.1) is 12.3 Å². The van der Waals surface area contributed by atoms with Crippen molar-refractivity contribution in [1.82, 2.24) is 10.2 Å². The highest BCUT2D eigenvalue weighted by atomic mass is 16.3. The highest BCUT2D eigenvalue weighted by molar-refractivity contribution is 6.22. The van der Waals surface area contributed by atoms with Crippen LogP contribution < -0.4 is 5.32 Å². The number of hydrogen-bond donors (Lipinski definition) is 1. The number of nitrogens with zero attached hydrogens (tertiary/aromatic N) is 1. The smallest absolute Gasteiger partial charge is 0.251 e. The van der Waals surface area contributed by atoms with Gasteiger partial charge in [-0.1, -0.05) is 44.2 Å². The molecule has 0 spiro atoms. The molecule has 0 bridgehead atoms. The molecule has 148 valence electrons. The van der Waals surface area contributed by atoms with Crippen LogP contribution in [0.1, 0.15) is 51.9 Å². The van der Waals surface area contributed by atoms with E-state index >= 15 is 0 Å². The second kappa shape index (κ2) is 8.05. The molecule has 0 radical (unpaired) electrons. The van der Waals surface area contributed by atoms with Gasteiger partial charge in [0.2, 0.25) is 0 Å². The van der Waals surface area contributed by atoms with E-state index in [1.54, 1.807) is 18.4 Å². The van der Waals surface area contributed by atoms with Crippen LogP contribution in [0.15, 0.2) is 65.3 Å². The summed E-state index contributed by atoms with van der Waals surface area (Å²) in [6.07, 6.45) is 1.65. The van der Waals surface area contributed by atoms with Crippen LogP contribution in [0.3, 0.4) is 0 Å². The van der Waals surface area contributed by atoms with Crippen molar-refractivity contribution in [2.75, 3.05) is 19.6 Å². The van der Waals surface area contributed by atoms with E-state index in [9.17, 15) is 9.59 Å². The van der Waals surface area contributed by atoms with Crippen molar-refractivity contribution in [2.45, 2.75) is 19.9 Å². The summed E-state index contributed by atoms with van der Waals surface area (Å²) >= 11 is 0. The maximum absolute atomic E-state index is 12.8. The van der Waals surface area contributed by atoms with Gasteiger partial charge in [-0.2, -0.15) is 0 Å². The van der Waals surface area contributed by atoms with E-state index in [2.05, 4.69) is 24.1 Å². The van der Waals surface area contributed by atoms with Gasteiger partial charge in [-0.15, -0.1) is 0 Å². The van der Waals surface area contributed by atoms with Gasteiger partial charge in [0, 0.05) is 23.2 Å². The monoisotopic (exact) mass is 388 g/mol. The average molecular weight is 388 g/mol. The lowest BCUT2D eigenvalue weighted by Crippen LogP contribution is -2.38. The topological polar surface area (TPSA) is 62.6 Å². The van der Waals surface area contributed by atoms with Crippen molar-refractivity contribution in [3.8, 4) is 11.1 Å². The Morgan fingerprint density at radius 2 is 1.69 bits per heavy atom. The Morgan fingerprint density at radius 3 is 2.38 bits per heavy atom. The highest BCUT2D eigenvalue weighted by Crippen LogP contribution is 2.36. The molecule has 3 aromatic rings. The number of fused-ring (bicyclic) bond motifs is 3. The van der Waals surface area contributed by atoms with E-state index in [4.69, 9.17) is 4.42 Å². The van der Waals surface area contributed by atoms with Gasteiger partial charge in [-0.3, -0.25) is 14.5 Å².